The summed E-state index contributed by atoms with van der Waals surface area (Å²) in [6.45, 7) is 6.26. The number of halogens is 1. The fourth-order valence-corrected chi connectivity index (χ4v) is 2.11. The maximum absolute atomic E-state index is 13.3. The van der Waals surface area contributed by atoms with Crippen molar-refractivity contribution in [1.82, 2.24) is 9.80 Å². The average Bonchev–Trinajstić information content (AvgIpc) is 2.40. The van der Waals surface area contributed by atoms with Crippen LogP contribution in [0, 0.1) is 5.82 Å². The first-order valence-electron chi connectivity index (χ1n) is 6.96. The Hall–Kier alpha value is -1.62. The highest BCUT2D eigenvalue weighted by Gasteiger charge is 2.15. The molecule has 0 spiro atoms. The van der Waals surface area contributed by atoms with Gasteiger partial charge in [-0.1, -0.05) is 12.1 Å². The van der Waals surface area contributed by atoms with Crippen LogP contribution in [0.3, 0.4) is 0 Å². The molecule has 0 aliphatic heterocycles. The van der Waals surface area contributed by atoms with Crippen LogP contribution >= 0.6 is 0 Å². The van der Waals surface area contributed by atoms with Gasteiger partial charge in [0, 0.05) is 13.1 Å². The van der Waals surface area contributed by atoms with Crippen molar-refractivity contribution in [2.45, 2.75) is 19.9 Å². The fraction of sp³-hybridized carbons (Fsp3) is 0.533. The molecular formula is C15H25FN4. The second kappa shape index (κ2) is 7.85. The summed E-state index contributed by atoms with van der Waals surface area (Å²) in [5.74, 6) is 0.313. The Bertz CT molecular complexity index is 441. The highest BCUT2D eigenvalue weighted by atomic mass is 19.1. The number of nitrogens with two attached hydrogens (primary N) is 1. The van der Waals surface area contributed by atoms with Gasteiger partial charge in [0.2, 0.25) is 0 Å². The van der Waals surface area contributed by atoms with Crippen molar-refractivity contribution in [3.63, 3.8) is 0 Å². The molecule has 0 heterocycles. The van der Waals surface area contributed by atoms with E-state index in [1.807, 2.05) is 43.8 Å². The van der Waals surface area contributed by atoms with Gasteiger partial charge in [0.25, 0.3) is 0 Å². The number of benzene rings is 1. The number of hydrogen-bond donors (Lipinski definition) is 1. The van der Waals surface area contributed by atoms with Gasteiger partial charge < -0.3 is 15.5 Å². The van der Waals surface area contributed by atoms with Crippen LogP contribution < -0.4 is 5.73 Å². The van der Waals surface area contributed by atoms with E-state index in [0.717, 1.165) is 18.7 Å². The second-order valence-corrected chi connectivity index (χ2v) is 4.91. The lowest BCUT2D eigenvalue weighted by molar-refractivity contribution is 0.304. The van der Waals surface area contributed by atoms with E-state index in [1.54, 1.807) is 12.1 Å². The Kier molecular flexibility index (Phi) is 6.45. The minimum atomic E-state index is -0.227. The van der Waals surface area contributed by atoms with Gasteiger partial charge in [-0.25, -0.2) is 4.39 Å². The number of aliphatic imine (C=N–C) groups is 1. The molecule has 0 aromatic heterocycles. The van der Waals surface area contributed by atoms with Crippen LogP contribution in [0.25, 0.3) is 0 Å². The van der Waals surface area contributed by atoms with Gasteiger partial charge in [-0.3, -0.25) is 4.99 Å². The molecule has 0 aliphatic carbocycles. The third kappa shape index (κ3) is 4.49. The Morgan fingerprint density at radius 2 is 1.95 bits per heavy atom. The smallest absolute Gasteiger partial charge is 0.191 e. The van der Waals surface area contributed by atoms with Gasteiger partial charge in [-0.15, -0.1) is 0 Å². The highest BCUT2D eigenvalue weighted by Crippen LogP contribution is 2.19. The molecule has 0 radical (unpaired) electrons. The molecule has 1 aromatic rings. The zero-order valence-electron chi connectivity index (χ0n) is 12.8. The first-order chi connectivity index (χ1) is 9.49. The van der Waals surface area contributed by atoms with E-state index in [-0.39, 0.29) is 11.9 Å². The van der Waals surface area contributed by atoms with Crippen molar-refractivity contribution >= 4 is 5.96 Å². The summed E-state index contributed by atoms with van der Waals surface area (Å²) in [4.78, 5) is 8.47. The number of hydrogen-bond acceptors (Lipinski definition) is 2. The van der Waals surface area contributed by atoms with Crippen molar-refractivity contribution in [3.05, 3.63) is 35.6 Å². The molecule has 0 saturated carbocycles. The Morgan fingerprint density at radius 3 is 2.45 bits per heavy atom. The summed E-state index contributed by atoms with van der Waals surface area (Å²) in [5.41, 5.74) is 6.89. The average molecular weight is 280 g/mol. The van der Waals surface area contributed by atoms with Crippen molar-refractivity contribution in [1.29, 1.82) is 0 Å². The number of nitrogens with zero attached hydrogens (tertiary/aromatic N) is 3. The molecule has 1 aromatic carbocycles. The van der Waals surface area contributed by atoms with Crippen molar-refractivity contribution in [2.24, 2.45) is 10.7 Å². The van der Waals surface area contributed by atoms with Gasteiger partial charge >= 0.3 is 0 Å². The summed E-state index contributed by atoms with van der Waals surface area (Å²) in [6, 6.07) is 6.65. The van der Waals surface area contributed by atoms with E-state index in [1.165, 1.54) is 6.07 Å². The van der Waals surface area contributed by atoms with Gasteiger partial charge in [-0.2, -0.15) is 0 Å². The Morgan fingerprint density at radius 1 is 1.30 bits per heavy atom. The van der Waals surface area contributed by atoms with Crippen LogP contribution in [-0.4, -0.2) is 49.5 Å². The third-order valence-electron chi connectivity index (χ3n) is 3.37. The van der Waals surface area contributed by atoms with Crippen LogP contribution in [0.15, 0.2) is 29.3 Å². The molecule has 0 saturated heterocycles. The lowest BCUT2D eigenvalue weighted by Crippen LogP contribution is -2.37. The molecule has 2 N–H and O–H groups in total. The lowest BCUT2D eigenvalue weighted by atomic mass is 10.1. The third-order valence-corrected chi connectivity index (χ3v) is 3.37. The zero-order valence-corrected chi connectivity index (χ0v) is 12.8. The van der Waals surface area contributed by atoms with Crippen molar-refractivity contribution in [3.8, 4) is 0 Å². The minimum absolute atomic E-state index is 0.0137. The van der Waals surface area contributed by atoms with E-state index >= 15 is 0 Å². The van der Waals surface area contributed by atoms with E-state index in [2.05, 4.69) is 4.99 Å². The van der Waals surface area contributed by atoms with E-state index < -0.39 is 0 Å². The fourth-order valence-electron chi connectivity index (χ4n) is 2.11. The lowest BCUT2D eigenvalue weighted by Gasteiger charge is -2.25. The first kappa shape index (κ1) is 16.4. The van der Waals surface area contributed by atoms with Crippen LogP contribution in [0.2, 0.25) is 0 Å². The number of rotatable bonds is 6. The van der Waals surface area contributed by atoms with Crippen LogP contribution in [0.4, 0.5) is 4.39 Å². The molecule has 0 bridgehead atoms. The highest BCUT2D eigenvalue weighted by molar-refractivity contribution is 5.78. The summed E-state index contributed by atoms with van der Waals surface area (Å²) < 4.78 is 13.3. The minimum Gasteiger partial charge on any atom is -0.370 e. The largest absolute Gasteiger partial charge is 0.370 e. The van der Waals surface area contributed by atoms with Gasteiger partial charge in [0.05, 0.1) is 12.6 Å². The summed E-state index contributed by atoms with van der Waals surface area (Å²) in [5, 5.41) is 0. The van der Waals surface area contributed by atoms with E-state index in [9.17, 15) is 4.39 Å². The van der Waals surface area contributed by atoms with Crippen molar-refractivity contribution in [2.75, 3.05) is 33.7 Å². The zero-order chi connectivity index (χ0) is 15.1. The maximum Gasteiger partial charge on any atom is 0.191 e. The molecule has 0 aliphatic rings. The molecule has 1 unspecified atom stereocenters. The molecule has 0 amide bonds. The monoisotopic (exact) mass is 280 g/mol. The molecule has 1 atom stereocenters. The summed E-state index contributed by atoms with van der Waals surface area (Å²) in [7, 11) is 3.91. The predicted molar refractivity (Wildman–Crippen MR) is 82.2 cm³/mol. The van der Waals surface area contributed by atoms with Gasteiger partial charge in [0.15, 0.2) is 5.96 Å². The standard InChI is InChI=1S/C15H25FN4/c1-5-20(6-2)15(17)18-11-14(19(3)4)12-8-7-9-13(16)10-12/h7-10,14H,5-6,11H2,1-4H3,(H2,17,18). The summed E-state index contributed by atoms with van der Waals surface area (Å²) >= 11 is 0. The van der Waals surface area contributed by atoms with Crippen molar-refractivity contribution < 1.29 is 4.39 Å². The van der Waals surface area contributed by atoms with E-state index in [4.69, 9.17) is 5.73 Å². The predicted octanol–water partition coefficient (Wildman–Crippen LogP) is 2.08. The number of guanidine groups is 1. The van der Waals surface area contributed by atoms with Crippen LogP contribution in [0.5, 0.6) is 0 Å². The Balaban J connectivity index is 2.86. The second-order valence-electron chi connectivity index (χ2n) is 4.91. The van der Waals surface area contributed by atoms with Gasteiger partial charge in [-0.05, 0) is 45.6 Å². The SMILES string of the molecule is CCN(CC)C(N)=NCC(c1cccc(F)c1)N(C)C. The van der Waals surface area contributed by atoms with Crippen LogP contribution in [0.1, 0.15) is 25.5 Å². The van der Waals surface area contributed by atoms with Crippen LogP contribution in [-0.2, 0) is 0 Å². The van der Waals surface area contributed by atoms with E-state index in [0.29, 0.717) is 12.5 Å². The molecule has 0 fully saturated rings. The normalized spacial score (nSPS) is 13.6. The molecule has 20 heavy (non-hydrogen) atoms. The quantitative estimate of drug-likeness (QED) is 0.641. The van der Waals surface area contributed by atoms with Gasteiger partial charge in [0.1, 0.15) is 5.82 Å². The maximum atomic E-state index is 13.3. The molecule has 1 rings (SSSR count). The molecule has 112 valence electrons. The molecule has 4 nitrogen and oxygen atoms in total. The molecular weight excluding hydrogens is 255 g/mol. The first-order valence-corrected chi connectivity index (χ1v) is 6.96. The molecule has 5 heteroatoms. The topological polar surface area (TPSA) is 44.9 Å². The number of likely N-dealkylation sites (N-methyl/N-ethyl adjacent to an activating group) is 1. The Labute approximate surface area is 121 Å². The summed E-state index contributed by atoms with van der Waals surface area (Å²) in [6.07, 6.45) is 0.